The lowest BCUT2D eigenvalue weighted by Gasteiger charge is -2.22. The van der Waals surface area contributed by atoms with Crippen molar-refractivity contribution in [1.82, 2.24) is 4.37 Å². The Labute approximate surface area is 137 Å². The summed E-state index contributed by atoms with van der Waals surface area (Å²) < 4.78 is 17.6. The second-order valence-electron chi connectivity index (χ2n) is 5.49. The zero-order valence-corrected chi connectivity index (χ0v) is 12.9. The van der Waals surface area contributed by atoms with Crippen molar-refractivity contribution in [2.45, 2.75) is 12.3 Å². The lowest BCUT2D eigenvalue weighted by Crippen LogP contribution is -2.22. The van der Waals surface area contributed by atoms with E-state index in [4.69, 9.17) is 0 Å². The maximum atomic E-state index is 13.1. The number of halogens is 1. The highest BCUT2D eigenvalue weighted by Gasteiger charge is 2.31. The number of hydrogen-bond donors (Lipinski definition) is 1. The molecule has 23 heavy (non-hydrogen) atoms. The molecule has 1 aromatic heterocycles. The van der Waals surface area contributed by atoms with Crippen LogP contribution in [-0.4, -0.2) is 10.3 Å². The molecule has 5 heteroatoms. The summed E-state index contributed by atoms with van der Waals surface area (Å²) in [5.41, 5.74) is 3.38. The normalized spacial score (nSPS) is 16.7. The van der Waals surface area contributed by atoms with E-state index >= 15 is 0 Å². The van der Waals surface area contributed by atoms with Gasteiger partial charge in [-0.15, -0.1) is 0 Å². The zero-order valence-electron chi connectivity index (χ0n) is 12.1. The Bertz CT molecular complexity index is 858. The fourth-order valence-corrected chi connectivity index (χ4v) is 3.86. The molecule has 0 saturated carbocycles. The zero-order chi connectivity index (χ0) is 15.8. The molecule has 0 aliphatic carbocycles. The average Bonchev–Trinajstić information content (AvgIpc) is 2.99. The molecule has 4 rings (SSSR count). The predicted molar refractivity (Wildman–Crippen MR) is 89.0 cm³/mol. The average molecular weight is 324 g/mol. The van der Waals surface area contributed by atoms with Gasteiger partial charge in [0.25, 0.3) is 0 Å². The SMILES string of the molecule is O=C1CC(c2ccccc2)c2snc(-c3ccc(F)cc3)c2N1. The summed E-state index contributed by atoms with van der Waals surface area (Å²) in [5.74, 6) is -0.286. The van der Waals surface area contributed by atoms with Crippen LogP contribution in [0.4, 0.5) is 10.1 Å². The minimum absolute atomic E-state index is 0.0186. The topological polar surface area (TPSA) is 42.0 Å². The minimum Gasteiger partial charge on any atom is -0.323 e. The van der Waals surface area contributed by atoms with Crippen LogP contribution in [0.5, 0.6) is 0 Å². The van der Waals surface area contributed by atoms with Crippen LogP contribution < -0.4 is 5.32 Å². The molecule has 0 fully saturated rings. The van der Waals surface area contributed by atoms with Crippen molar-refractivity contribution in [1.29, 1.82) is 0 Å². The smallest absolute Gasteiger partial charge is 0.225 e. The van der Waals surface area contributed by atoms with E-state index in [0.717, 1.165) is 21.7 Å². The van der Waals surface area contributed by atoms with E-state index in [1.54, 1.807) is 12.1 Å². The lowest BCUT2D eigenvalue weighted by atomic mass is 9.90. The van der Waals surface area contributed by atoms with Crippen LogP contribution in [0.1, 0.15) is 22.8 Å². The van der Waals surface area contributed by atoms with Gasteiger partial charge in [0.2, 0.25) is 5.91 Å². The minimum atomic E-state index is -0.288. The first-order valence-electron chi connectivity index (χ1n) is 7.32. The Morgan fingerprint density at radius 1 is 1.09 bits per heavy atom. The maximum Gasteiger partial charge on any atom is 0.225 e. The number of aromatic nitrogens is 1. The van der Waals surface area contributed by atoms with Crippen LogP contribution in [-0.2, 0) is 4.79 Å². The highest BCUT2D eigenvalue weighted by molar-refractivity contribution is 7.07. The van der Waals surface area contributed by atoms with Crippen molar-refractivity contribution in [2.75, 3.05) is 5.32 Å². The van der Waals surface area contributed by atoms with Gasteiger partial charge in [-0.25, -0.2) is 4.39 Å². The Morgan fingerprint density at radius 3 is 2.57 bits per heavy atom. The highest BCUT2D eigenvalue weighted by Crippen LogP contribution is 2.44. The fraction of sp³-hybridized carbons (Fsp3) is 0.111. The molecule has 1 unspecified atom stereocenters. The van der Waals surface area contributed by atoms with E-state index in [9.17, 15) is 9.18 Å². The summed E-state index contributed by atoms with van der Waals surface area (Å²) in [6, 6.07) is 16.2. The number of nitrogens with one attached hydrogen (secondary N) is 1. The van der Waals surface area contributed by atoms with Crippen LogP contribution in [0.2, 0.25) is 0 Å². The number of rotatable bonds is 2. The van der Waals surface area contributed by atoms with Crippen molar-refractivity contribution in [3.05, 3.63) is 70.9 Å². The molecule has 0 spiro atoms. The molecule has 1 aliphatic heterocycles. The third-order valence-electron chi connectivity index (χ3n) is 4.01. The molecule has 2 heterocycles. The maximum absolute atomic E-state index is 13.1. The van der Waals surface area contributed by atoms with Gasteiger partial charge >= 0.3 is 0 Å². The van der Waals surface area contributed by atoms with Gasteiger partial charge in [-0.05, 0) is 41.4 Å². The van der Waals surface area contributed by atoms with E-state index < -0.39 is 0 Å². The first-order chi connectivity index (χ1) is 11.2. The van der Waals surface area contributed by atoms with Crippen LogP contribution in [0.3, 0.4) is 0 Å². The standard InChI is InChI=1S/C18H13FN2OS/c19-13-8-6-12(7-9-13)16-17-18(23-21-16)14(10-15(22)20-17)11-4-2-1-3-5-11/h1-9,14H,10H2,(H,20,22). The third-order valence-corrected chi connectivity index (χ3v) is 4.97. The molecule has 0 saturated heterocycles. The molecule has 2 aromatic carbocycles. The molecular formula is C18H13FN2OS. The van der Waals surface area contributed by atoms with Gasteiger partial charge in [0, 0.05) is 17.9 Å². The van der Waals surface area contributed by atoms with Crippen molar-refractivity contribution in [2.24, 2.45) is 0 Å². The Hall–Kier alpha value is -2.53. The largest absolute Gasteiger partial charge is 0.323 e. The van der Waals surface area contributed by atoms with Gasteiger partial charge in [-0.3, -0.25) is 4.79 Å². The van der Waals surface area contributed by atoms with Crippen LogP contribution in [0, 0.1) is 5.82 Å². The van der Waals surface area contributed by atoms with E-state index in [2.05, 4.69) is 9.69 Å². The first kappa shape index (κ1) is 14.1. The number of benzene rings is 2. The van der Waals surface area contributed by atoms with Gasteiger partial charge in [0.05, 0.1) is 10.6 Å². The summed E-state index contributed by atoms with van der Waals surface area (Å²) in [6.45, 7) is 0. The van der Waals surface area contributed by atoms with Crippen LogP contribution in [0.15, 0.2) is 54.6 Å². The molecule has 3 aromatic rings. The molecule has 1 N–H and O–H groups in total. The van der Waals surface area contributed by atoms with Crippen molar-refractivity contribution in [3.63, 3.8) is 0 Å². The molecule has 3 nitrogen and oxygen atoms in total. The molecule has 1 aliphatic rings. The second-order valence-corrected chi connectivity index (χ2v) is 6.30. The van der Waals surface area contributed by atoms with Crippen molar-refractivity contribution >= 4 is 23.1 Å². The lowest BCUT2D eigenvalue weighted by molar-refractivity contribution is -0.116. The number of fused-ring (bicyclic) bond motifs is 1. The summed E-state index contributed by atoms with van der Waals surface area (Å²) in [7, 11) is 0. The molecule has 0 radical (unpaired) electrons. The first-order valence-corrected chi connectivity index (χ1v) is 8.10. The van der Waals surface area contributed by atoms with Crippen LogP contribution >= 0.6 is 11.5 Å². The van der Waals surface area contributed by atoms with E-state index in [0.29, 0.717) is 12.1 Å². The third kappa shape index (κ3) is 2.53. The number of carbonyl (C=O) groups is 1. The second kappa shape index (κ2) is 5.59. The van der Waals surface area contributed by atoms with Crippen molar-refractivity contribution in [3.8, 4) is 11.3 Å². The predicted octanol–water partition coefficient (Wildman–Crippen LogP) is 4.42. The molecule has 1 amide bonds. The summed E-state index contributed by atoms with van der Waals surface area (Å²) >= 11 is 1.40. The number of hydrogen-bond acceptors (Lipinski definition) is 3. The fourth-order valence-electron chi connectivity index (χ4n) is 2.89. The van der Waals surface area contributed by atoms with E-state index in [-0.39, 0.29) is 17.6 Å². The van der Waals surface area contributed by atoms with E-state index in [1.165, 1.54) is 23.7 Å². The summed E-state index contributed by atoms with van der Waals surface area (Å²) in [5, 5.41) is 2.94. The molecule has 1 atom stereocenters. The summed E-state index contributed by atoms with van der Waals surface area (Å²) in [4.78, 5) is 13.2. The quantitative estimate of drug-likeness (QED) is 0.758. The van der Waals surface area contributed by atoms with Gasteiger partial charge in [-0.2, -0.15) is 4.37 Å². The molecular weight excluding hydrogens is 311 g/mol. The van der Waals surface area contributed by atoms with Crippen LogP contribution in [0.25, 0.3) is 11.3 Å². The van der Waals surface area contributed by atoms with Gasteiger partial charge in [-0.1, -0.05) is 30.3 Å². The Balaban J connectivity index is 1.81. The number of anilines is 1. The Morgan fingerprint density at radius 2 is 1.83 bits per heavy atom. The van der Waals surface area contributed by atoms with Gasteiger partial charge in [0.15, 0.2) is 0 Å². The number of carbonyl (C=O) groups excluding carboxylic acids is 1. The summed E-state index contributed by atoms with van der Waals surface area (Å²) in [6.07, 6.45) is 0.419. The Kier molecular flexibility index (Phi) is 3.42. The van der Waals surface area contributed by atoms with Gasteiger partial charge in [0.1, 0.15) is 11.5 Å². The number of amides is 1. The highest BCUT2D eigenvalue weighted by atomic mass is 32.1. The number of nitrogens with zero attached hydrogens (tertiary/aromatic N) is 1. The van der Waals surface area contributed by atoms with E-state index in [1.807, 2.05) is 30.3 Å². The van der Waals surface area contributed by atoms with Gasteiger partial charge < -0.3 is 5.32 Å². The molecule has 0 bridgehead atoms. The monoisotopic (exact) mass is 324 g/mol. The molecule has 114 valence electrons. The van der Waals surface area contributed by atoms with Crippen molar-refractivity contribution < 1.29 is 9.18 Å².